The number of nitrogens with one attached hydrogen (secondary N) is 1. The van der Waals surface area contributed by atoms with Crippen LogP contribution in [0, 0.1) is 0 Å². The number of ether oxygens (including phenoxy) is 1. The molecule has 0 saturated heterocycles. The smallest absolute Gasteiger partial charge is 0.218 e. The second-order valence-electron chi connectivity index (χ2n) is 4.24. The Morgan fingerprint density at radius 2 is 2.14 bits per heavy atom. The van der Waals surface area contributed by atoms with Crippen molar-refractivity contribution >= 4 is 5.91 Å². The lowest BCUT2D eigenvalue weighted by Crippen LogP contribution is -2.37. The first-order chi connectivity index (χ1) is 6.37. The van der Waals surface area contributed by atoms with Crippen LogP contribution in [0.3, 0.4) is 0 Å². The zero-order valence-corrected chi connectivity index (χ0v) is 9.59. The van der Waals surface area contributed by atoms with Crippen LogP contribution in [0.1, 0.15) is 33.6 Å². The molecule has 0 aromatic heterocycles. The summed E-state index contributed by atoms with van der Waals surface area (Å²) >= 11 is 0. The molecule has 84 valence electrons. The van der Waals surface area contributed by atoms with Crippen LogP contribution in [0.15, 0.2) is 0 Å². The molecule has 0 saturated carbocycles. The van der Waals surface area contributed by atoms with Gasteiger partial charge in [-0.15, -0.1) is 0 Å². The highest BCUT2D eigenvalue weighted by Crippen LogP contribution is 2.14. The van der Waals surface area contributed by atoms with Gasteiger partial charge in [0.15, 0.2) is 0 Å². The Bertz CT molecular complexity index is 181. The molecule has 1 atom stereocenters. The average Bonchev–Trinajstić information content (AvgIpc) is 2.02. The lowest BCUT2D eigenvalue weighted by Gasteiger charge is -2.27. The molecule has 1 unspecified atom stereocenters. The van der Waals surface area contributed by atoms with Crippen LogP contribution in [0.4, 0.5) is 0 Å². The van der Waals surface area contributed by atoms with Crippen molar-refractivity contribution in [2.75, 3.05) is 13.7 Å². The number of carbonyl (C=O) groups is 1. The second-order valence-corrected chi connectivity index (χ2v) is 4.24. The number of nitrogens with two attached hydrogens (primary N) is 1. The quantitative estimate of drug-likeness (QED) is 0.637. The molecule has 0 aromatic carbocycles. The SMILES string of the molecule is COC(C)(C)CC(C)NCCC(N)=O. The molecule has 0 aliphatic carbocycles. The number of methoxy groups -OCH3 is 1. The van der Waals surface area contributed by atoms with Gasteiger partial charge in [0.1, 0.15) is 0 Å². The maximum Gasteiger partial charge on any atom is 0.218 e. The van der Waals surface area contributed by atoms with E-state index >= 15 is 0 Å². The van der Waals surface area contributed by atoms with Gasteiger partial charge in [0, 0.05) is 26.1 Å². The van der Waals surface area contributed by atoms with Crippen LogP contribution in [0.25, 0.3) is 0 Å². The van der Waals surface area contributed by atoms with Crippen molar-refractivity contribution in [2.24, 2.45) is 5.73 Å². The first kappa shape index (κ1) is 13.4. The molecule has 0 radical (unpaired) electrons. The molecule has 4 nitrogen and oxygen atoms in total. The second kappa shape index (κ2) is 5.98. The van der Waals surface area contributed by atoms with Gasteiger partial charge in [-0.3, -0.25) is 4.79 Å². The van der Waals surface area contributed by atoms with Gasteiger partial charge in [-0.1, -0.05) is 0 Å². The summed E-state index contributed by atoms with van der Waals surface area (Å²) in [6.07, 6.45) is 1.29. The topological polar surface area (TPSA) is 64.3 Å². The molecule has 0 spiro atoms. The molecule has 3 N–H and O–H groups in total. The summed E-state index contributed by atoms with van der Waals surface area (Å²) in [5.41, 5.74) is 4.90. The maximum absolute atomic E-state index is 10.5. The Morgan fingerprint density at radius 3 is 2.57 bits per heavy atom. The molecule has 4 heteroatoms. The number of rotatable bonds is 7. The summed E-state index contributed by atoms with van der Waals surface area (Å²) in [6, 6.07) is 0.323. The minimum Gasteiger partial charge on any atom is -0.379 e. The van der Waals surface area contributed by atoms with E-state index in [-0.39, 0.29) is 11.5 Å². The van der Waals surface area contributed by atoms with E-state index in [4.69, 9.17) is 10.5 Å². The fraction of sp³-hybridized carbons (Fsp3) is 0.900. The first-order valence-corrected chi connectivity index (χ1v) is 4.94. The standard InChI is InChI=1S/C10H22N2O2/c1-8(7-10(2,3)14-4)12-6-5-9(11)13/h8,12H,5-7H2,1-4H3,(H2,11,13). The van der Waals surface area contributed by atoms with Crippen LogP contribution < -0.4 is 11.1 Å². The molecule has 0 heterocycles. The van der Waals surface area contributed by atoms with E-state index < -0.39 is 0 Å². The Kier molecular flexibility index (Phi) is 5.72. The predicted molar refractivity (Wildman–Crippen MR) is 57.0 cm³/mol. The molecule has 0 aliphatic heterocycles. The Hall–Kier alpha value is -0.610. The zero-order chi connectivity index (χ0) is 11.2. The number of carbonyl (C=O) groups excluding carboxylic acids is 1. The zero-order valence-electron chi connectivity index (χ0n) is 9.59. The Morgan fingerprint density at radius 1 is 1.57 bits per heavy atom. The number of hydrogen-bond donors (Lipinski definition) is 2. The molecule has 0 bridgehead atoms. The van der Waals surface area contributed by atoms with Crippen molar-refractivity contribution in [3.63, 3.8) is 0 Å². The molecular weight excluding hydrogens is 180 g/mol. The van der Waals surface area contributed by atoms with Gasteiger partial charge in [0.2, 0.25) is 5.91 Å². The van der Waals surface area contributed by atoms with Crippen molar-refractivity contribution in [3.8, 4) is 0 Å². The molecule has 0 aliphatic rings. The summed E-state index contributed by atoms with van der Waals surface area (Å²) in [7, 11) is 1.70. The number of hydrogen-bond acceptors (Lipinski definition) is 3. The normalized spacial score (nSPS) is 14.0. The Balaban J connectivity index is 3.65. The van der Waals surface area contributed by atoms with Crippen molar-refractivity contribution in [3.05, 3.63) is 0 Å². The number of primary amides is 1. The lowest BCUT2D eigenvalue weighted by atomic mass is 10.00. The molecule has 1 amide bonds. The van der Waals surface area contributed by atoms with E-state index in [0.717, 1.165) is 6.42 Å². The molecule has 14 heavy (non-hydrogen) atoms. The highest BCUT2D eigenvalue weighted by atomic mass is 16.5. The van der Waals surface area contributed by atoms with Gasteiger partial charge in [-0.05, 0) is 27.2 Å². The minimum absolute atomic E-state index is 0.126. The van der Waals surface area contributed by atoms with Crippen molar-refractivity contribution < 1.29 is 9.53 Å². The van der Waals surface area contributed by atoms with E-state index in [1.165, 1.54) is 0 Å². The molecule has 0 aromatic rings. The van der Waals surface area contributed by atoms with Crippen molar-refractivity contribution in [1.82, 2.24) is 5.32 Å². The van der Waals surface area contributed by atoms with Crippen molar-refractivity contribution in [1.29, 1.82) is 0 Å². The third-order valence-corrected chi connectivity index (χ3v) is 2.21. The minimum atomic E-state index is -0.268. The summed E-state index contributed by atoms with van der Waals surface area (Å²) < 4.78 is 5.30. The highest BCUT2D eigenvalue weighted by Gasteiger charge is 2.19. The lowest BCUT2D eigenvalue weighted by molar-refractivity contribution is -0.117. The van der Waals surface area contributed by atoms with Crippen LogP contribution >= 0.6 is 0 Å². The highest BCUT2D eigenvalue weighted by molar-refractivity contribution is 5.73. The van der Waals surface area contributed by atoms with Crippen molar-refractivity contribution in [2.45, 2.75) is 45.3 Å². The predicted octanol–water partition coefficient (Wildman–Crippen LogP) is 0.655. The van der Waals surface area contributed by atoms with E-state index in [1.54, 1.807) is 7.11 Å². The maximum atomic E-state index is 10.5. The average molecular weight is 202 g/mol. The molecule has 0 fully saturated rings. The van der Waals surface area contributed by atoms with E-state index in [1.807, 2.05) is 13.8 Å². The summed E-state index contributed by atoms with van der Waals surface area (Å²) in [6.45, 7) is 6.79. The van der Waals surface area contributed by atoms with Gasteiger partial charge in [0.25, 0.3) is 0 Å². The van der Waals surface area contributed by atoms with Crippen LogP contribution in [-0.2, 0) is 9.53 Å². The van der Waals surface area contributed by atoms with Gasteiger partial charge in [0.05, 0.1) is 5.60 Å². The summed E-state index contributed by atoms with van der Waals surface area (Å²) in [5.74, 6) is -0.268. The summed E-state index contributed by atoms with van der Waals surface area (Å²) in [4.78, 5) is 10.5. The van der Waals surface area contributed by atoms with Crippen LogP contribution in [0.2, 0.25) is 0 Å². The molecular formula is C10H22N2O2. The molecule has 0 rings (SSSR count). The fourth-order valence-electron chi connectivity index (χ4n) is 1.33. The number of amides is 1. The van der Waals surface area contributed by atoms with Gasteiger partial charge >= 0.3 is 0 Å². The largest absolute Gasteiger partial charge is 0.379 e. The Labute approximate surface area is 86.2 Å². The van der Waals surface area contributed by atoms with E-state index in [0.29, 0.717) is 19.0 Å². The van der Waals surface area contributed by atoms with Crippen LogP contribution in [0.5, 0.6) is 0 Å². The van der Waals surface area contributed by atoms with Gasteiger partial charge < -0.3 is 15.8 Å². The monoisotopic (exact) mass is 202 g/mol. The third-order valence-electron chi connectivity index (χ3n) is 2.21. The van der Waals surface area contributed by atoms with Gasteiger partial charge in [-0.25, -0.2) is 0 Å². The van der Waals surface area contributed by atoms with E-state index in [2.05, 4.69) is 12.2 Å². The fourth-order valence-corrected chi connectivity index (χ4v) is 1.33. The first-order valence-electron chi connectivity index (χ1n) is 4.94. The van der Waals surface area contributed by atoms with E-state index in [9.17, 15) is 4.79 Å². The summed E-state index contributed by atoms with van der Waals surface area (Å²) in [5, 5.41) is 3.22. The van der Waals surface area contributed by atoms with Gasteiger partial charge in [-0.2, -0.15) is 0 Å². The third kappa shape index (κ3) is 6.86. The van der Waals surface area contributed by atoms with Crippen LogP contribution in [-0.4, -0.2) is 31.2 Å².